The Morgan fingerprint density at radius 3 is 2.28 bits per heavy atom. The van der Waals surface area contributed by atoms with Crippen LogP contribution in [0, 0.1) is 0 Å². The Morgan fingerprint density at radius 2 is 1.76 bits per heavy atom. The molecule has 2 unspecified atom stereocenters. The molecule has 1 aromatic heterocycles. The van der Waals surface area contributed by atoms with Gasteiger partial charge in [0, 0.05) is 29.3 Å². The van der Waals surface area contributed by atoms with Gasteiger partial charge in [0.15, 0.2) is 0 Å². The molecule has 3 heterocycles. The number of rotatable bonds is 3. The number of anilines is 1. The van der Waals surface area contributed by atoms with E-state index in [2.05, 4.69) is 10.3 Å². The summed E-state index contributed by atoms with van der Waals surface area (Å²) in [6.45, 7) is 0. The number of thiazole rings is 1. The lowest BCUT2D eigenvalue weighted by Gasteiger charge is -2.38. The molecule has 156 valence electrons. The Balaban J connectivity index is 1.45. The molecule has 2 atom stereocenters. The summed E-state index contributed by atoms with van der Waals surface area (Å²) < 4.78 is 63.7. The predicted molar refractivity (Wildman–Crippen MR) is 101 cm³/mol. The van der Waals surface area contributed by atoms with Crippen molar-refractivity contribution in [1.29, 1.82) is 0 Å². The molecule has 0 saturated carbocycles. The number of hydrogen-bond donors (Lipinski definition) is 1. The number of carbonyl (C=O) groups is 1. The number of fused-ring (bicyclic) bond motifs is 2. The van der Waals surface area contributed by atoms with E-state index in [0.29, 0.717) is 25.7 Å². The summed E-state index contributed by atoms with van der Waals surface area (Å²) in [5, 5.41) is 3.67. The number of nitrogens with one attached hydrogen (secondary N) is 1. The third-order valence-corrected chi connectivity index (χ3v) is 8.88. The maximum atomic E-state index is 12.8. The number of amides is 2. The second-order valence-corrected chi connectivity index (χ2v) is 10.5. The Bertz CT molecular complexity index is 978. The highest BCUT2D eigenvalue weighted by atomic mass is 32.2. The minimum Gasteiger partial charge on any atom is -0.318 e. The van der Waals surface area contributed by atoms with Gasteiger partial charge < -0.3 is 10.2 Å². The Morgan fingerprint density at radius 1 is 1.14 bits per heavy atom. The molecule has 4 rings (SSSR count). The molecule has 2 aliphatic heterocycles. The molecule has 2 amide bonds. The van der Waals surface area contributed by atoms with Gasteiger partial charge in [-0.15, -0.1) is 11.3 Å². The first-order valence-electron chi connectivity index (χ1n) is 9.06. The first-order valence-corrected chi connectivity index (χ1v) is 11.5. The average Bonchev–Trinajstić information content (AvgIpc) is 3.28. The van der Waals surface area contributed by atoms with Crippen molar-refractivity contribution in [3.63, 3.8) is 0 Å². The molecule has 2 fully saturated rings. The van der Waals surface area contributed by atoms with Crippen molar-refractivity contribution in [2.75, 3.05) is 5.32 Å². The van der Waals surface area contributed by atoms with E-state index >= 15 is 0 Å². The largest absolute Gasteiger partial charge is 0.416 e. The number of halogens is 3. The van der Waals surface area contributed by atoms with E-state index in [1.807, 2.05) is 0 Å². The van der Waals surface area contributed by atoms with Gasteiger partial charge in [-0.2, -0.15) is 13.2 Å². The first-order chi connectivity index (χ1) is 13.7. The van der Waals surface area contributed by atoms with Crippen LogP contribution in [0.25, 0.3) is 0 Å². The quantitative estimate of drug-likeness (QED) is 0.769. The highest BCUT2D eigenvalue weighted by Crippen LogP contribution is 2.40. The van der Waals surface area contributed by atoms with Crippen LogP contribution in [0.15, 0.2) is 40.2 Å². The monoisotopic (exact) mass is 445 g/mol. The van der Waals surface area contributed by atoms with E-state index in [4.69, 9.17) is 0 Å². The molecule has 1 aromatic carbocycles. The maximum Gasteiger partial charge on any atom is 0.416 e. The number of urea groups is 1. The standard InChI is InChI=1S/C18H18F3N3O3S2/c19-18(20,21)11-1-3-12(4-2-11)23-16(25)24-13-5-6-14(24)10-15(9-13)29(26,27)17-22-7-8-28-17/h1-4,7-8,13-15H,5-6,9-10H2,(H,23,25). The van der Waals surface area contributed by atoms with Crippen molar-refractivity contribution in [2.45, 2.75) is 53.5 Å². The fraction of sp³-hybridized carbons (Fsp3) is 0.444. The van der Waals surface area contributed by atoms with Crippen molar-refractivity contribution < 1.29 is 26.4 Å². The van der Waals surface area contributed by atoms with Crippen LogP contribution in [0.2, 0.25) is 0 Å². The van der Waals surface area contributed by atoms with E-state index in [-0.39, 0.29) is 22.1 Å². The van der Waals surface area contributed by atoms with E-state index in [1.54, 1.807) is 10.3 Å². The van der Waals surface area contributed by atoms with Gasteiger partial charge >= 0.3 is 12.2 Å². The van der Waals surface area contributed by atoms with Crippen molar-refractivity contribution >= 4 is 32.9 Å². The molecule has 1 N–H and O–H groups in total. The van der Waals surface area contributed by atoms with E-state index in [1.165, 1.54) is 18.3 Å². The van der Waals surface area contributed by atoms with Crippen LogP contribution in [0.1, 0.15) is 31.2 Å². The highest BCUT2D eigenvalue weighted by molar-refractivity contribution is 7.93. The number of carbonyl (C=O) groups excluding carboxylic acids is 1. The number of alkyl halides is 3. The maximum absolute atomic E-state index is 12.8. The van der Waals surface area contributed by atoms with Gasteiger partial charge in [-0.1, -0.05) is 0 Å². The minimum atomic E-state index is -4.44. The molecular formula is C18H18F3N3O3S2. The molecule has 6 nitrogen and oxygen atoms in total. The van der Waals surface area contributed by atoms with Gasteiger partial charge in [0.2, 0.25) is 14.2 Å². The lowest BCUT2D eigenvalue weighted by atomic mass is 10.0. The fourth-order valence-corrected chi connectivity index (χ4v) is 7.05. The lowest BCUT2D eigenvalue weighted by Crippen LogP contribution is -2.51. The average molecular weight is 445 g/mol. The normalized spacial score (nSPS) is 24.5. The SMILES string of the molecule is O=C(Nc1ccc(C(F)(F)F)cc1)N1C2CCC1CC(S(=O)(=O)c1nccs1)C2. The smallest absolute Gasteiger partial charge is 0.318 e. The van der Waals surface area contributed by atoms with Gasteiger partial charge in [0.05, 0.1) is 10.8 Å². The molecule has 0 spiro atoms. The van der Waals surface area contributed by atoms with Gasteiger partial charge in [-0.05, 0) is 49.9 Å². The second kappa shape index (κ2) is 7.28. The molecule has 2 saturated heterocycles. The molecular weight excluding hydrogens is 427 g/mol. The molecule has 11 heteroatoms. The molecule has 29 heavy (non-hydrogen) atoms. The zero-order chi connectivity index (χ0) is 20.8. The Kier molecular flexibility index (Phi) is 5.06. The van der Waals surface area contributed by atoms with Gasteiger partial charge in [0.25, 0.3) is 0 Å². The number of sulfone groups is 1. The van der Waals surface area contributed by atoms with E-state index in [9.17, 15) is 26.4 Å². The molecule has 0 aliphatic carbocycles. The predicted octanol–water partition coefficient (Wildman–Crippen LogP) is 4.16. The summed E-state index contributed by atoms with van der Waals surface area (Å²) >= 11 is 1.09. The van der Waals surface area contributed by atoms with E-state index in [0.717, 1.165) is 23.5 Å². The summed E-state index contributed by atoms with van der Waals surface area (Å²) in [5.41, 5.74) is -0.524. The van der Waals surface area contributed by atoms with Crippen LogP contribution in [0.5, 0.6) is 0 Å². The topological polar surface area (TPSA) is 79.4 Å². The third-order valence-electron chi connectivity index (χ3n) is 5.48. The van der Waals surface area contributed by atoms with E-state index < -0.39 is 32.9 Å². The van der Waals surface area contributed by atoms with Crippen LogP contribution >= 0.6 is 11.3 Å². The van der Waals surface area contributed by atoms with Gasteiger partial charge in [-0.25, -0.2) is 18.2 Å². The van der Waals surface area contributed by atoms with Crippen molar-refractivity contribution in [2.24, 2.45) is 0 Å². The summed E-state index contributed by atoms with van der Waals surface area (Å²) in [6, 6.07) is 3.40. The number of aromatic nitrogens is 1. The number of nitrogens with zero attached hydrogens (tertiary/aromatic N) is 2. The summed E-state index contributed by atoms with van der Waals surface area (Å²) in [6.07, 6.45) is -0.910. The second-order valence-electron chi connectivity index (χ2n) is 7.23. The number of hydrogen-bond acceptors (Lipinski definition) is 5. The Labute approximate surface area is 169 Å². The molecule has 2 bridgehead atoms. The van der Waals surface area contributed by atoms with Gasteiger partial charge in [-0.3, -0.25) is 0 Å². The lowest BCUT2D eigenvalue weighted by molar-refractivity contribution is -0.137. The van der Waals surface area contributed by atoms with Crippen molar-refractivity contribution in [1.82, 2.24) is 9.88 Å². The van der Waals surface area contributed by atoms with Crippen LogP contribution in [-0.2, 0) is 16.0 Å². The third kappa shape index (κ3) is 3.85. The van der Waals surface area contributed by atoms with Crippen LogP contribution in [0.3, 0.4) is 0 Å². The fourth-order valence-electron chi connectivity index (χ4n) is 4.14. The van der Waals surface area contributed by atoms with Crippen LogP contribution in [0.4, 0.5) is 23.7 Å². The van der Waals surface area contributed by atoms with Gasteiger partial charge in [0.1, 0.15) is 0 Å². The summed E-state index contributed by atoms with van der Waals surface area (Å²) in [7, 11) is -3.53. The number of benzene rings is 1. The molecule has 2 aromatic rings. The minimum absolute atomic E-state index is 0.101. The molecule has 0 radical (unpaired) electrons. The van der Waals surface area contributed by atoms with Crippen LogP contribution in [-0.4, -0.2) is 41.7 Å². The zero-order valence-electron chi connectivity index (χ0n) is 15.1. The summed E-state index contributed by atoms with van der Waals surface area (Å²) in [4.78, 5) is 18.3. The van der Waals surface area contributed by atoms with Crippen LogP contribution < -0.4 is 5.32 Å². The first kappa shape index (κ1) is 20.1. The Hall–Kier alpha value is -2.14. The van der Waals surface area contributed by atoms with Crippen molar-refractivity contribution in [3.05, 3.63) is 41.4 Å². The zero-order valence-corrected chi connectivity index (χ0v) is 16.7. The van der Waals surface area contributed by atoms with Crippen molar-refractivity contribution in [3.8, 4) is 0 Å². The molecule has 2 aliphatic rings. The number of piperidine rings is 1. The highest BCUT2D eigenvalue weighted by Gasteiger charge is 2.47. The summed E-state index contributed by atoms with van der Waals surface area (Å²) in [5.74, 6) is 0.